The predicted octanol–water partition coefficient (Wildman–Crippen LogP) is 3.36. The highest BCUT2D eigenvalue weighted by Crippen LogP contribution is 2.31. The van der Waals surface area contributed by atoms with Crippen LogP contribution in [-0.4, -0.2) is 29.7 Å². The standard InChI is InChI=1S/C17H20INO5S/c1-11(14-9-12(22-2)5-7-16(14)23-3)19-25(20,21)13-6-8-17(24-4)15(18)10-13/h5-11,19H,1-4H3/t11-/m0/s1. The fourth-order valence-electron chi connectivity index (χ4n) is 2.36. The summed E-state index contributed by atoms with van der Waals surface area (Å²) >= 11 is 2.04. The smallest absolute Gasteiger partial charge is 0.241 e. The minimum absolute atomic E-state index is 0.173. The van der Waals surface area contributed by atoms with Crippen molar-refractivity contribution in [3.63, 3.8) is 0 Å². The molecule has 0 bridgehead atoms. The Morgan fingerprint density at radius 3 is 2.16 bits per heavy atom. The van der Waals surface area contributed by atoms with E-state index in [1.165, 1.54) is 6.07 Å². The molecule has 0 radical (unpaired) electrons. The average molecular weight is 477 g/mol. The van der Waals surface area contributed by atoms with Crippen LogP contribution in [0.5, 0.6) is 17.2 Å². The van der Waals surface area contributed by atoms with Gasteiger partial charge in [0, 0.05) is 11.6 Å². The summed E-state index contributed by atoms with van der Waals surface area (Å²) in [6.45, 7) is 1.75. The van der Waals surface area contributed by atoms with Gasteiger partial charge in [-0.2, -0.15) is 0 Å². The van der Waals surface area contributed by atoms with Crippen molar-refractivity contribution in [1.29, 1.82) is 0 Å². The largest absolute Gasteiger partial charge is 0.497 e. The second-order valence-corrected chi connectivity index (χ2v) is 8.12. The molecule has 0 aliphatic carbocycles. The predicted molar refractivity (Wildman–Crippen MR) is 104 cm³/mol. The van der Waals surface area contributed by atoms with E-state index in [0.717, 1.165) is 3.57 Å². The zero-order valence-electron chi connectivity index (χ0n) is 14.4. The molecule has 136 valence electrons. The van der Waals surface area contributed by atoms with Crippen LogP contribution >= 0.6 is 22.6 Å². The van der Waals surface area contributed by atoms with Gasteiger partial charge < -0.3 is 14.2 Å². The van der Waals surface area contributed by atoms with Crippen LogP contribution in [-0.2, 0) is 10.0 Å². The van der Waals surface area contributed by atoms with Gasteiger partial charge in [-0.1, -0.05) is 0 Å². The van der Waals surface area contributed by atoms with Crippen molar-refractivity contribution in [2.24, 2.45) is 0 Å². The number of hydrogen-bond donors (Lipinski definition) is 1. The van der Waals surface area contributed by atoms with Crippen LogP contribution in [0.1, 0.15) is 18.5 Å². The number of nitrogens with one attached hydrogen (secondary N) is 1. The molecule has 1 N–H and O–H groups in total. The van der Waals surface area contributed by atoms with E-state index in [-0.39, 0.29) is 4.90 Å². The van der Waals surface area contributed by atoms with Gasteiger partial charge in [0.15, 0.2) is 0 Å². The average Bonchev–Trinajstić information content (AvgIpc) is 2.60. The van der Waals surface area contributed by atoms with Gasteiger partial charge in [-0.05, 0) is 65.9 Å². The van der Waals surface area contributed by atoms with Gasteiger partial charge in [-0.25, -0.2) is 13.1 Å². The van der Waals surface area contributed by atoms with E-state index in [1.807, 2.05) is 22.6 Å². The van der Waals surface area contributed by atoms with E-state index < -0.39 is 16.1 Å². The highest BCUT2D eigenvalue weighted by molar-refractivity contribution is 14.1. The summed E-state index contributed by atoms with van der Waals surface area (Å²) in [6.07, 6.45) is 0. The van der Waals surface area contributed by atoms with E-state index >= 15 is 0 Å². The van der Waals surface area contributed by atoms with Crippen molar-refractivity contribution in [3.05, 3.63) is 45.5 Å². The fraction of sp³-hybridized carbons (Fsp3) is 0.294. The first-order valence-corrected chi connectivity index (χ1v) is 9.96. The topological polar surface area (TPSA) is 73.9 Å². The Morgan fingerprint density at radius 1 is 0.960 bits per heavy atom. The molecule has 1 atom stereocenters. The molecule has 0 amide bonds. The molecule has 2 rings (SSSR count). The lowest BCUT2D eigenvalue weighted by Crippen LogP contribution is -2.27. The summed E-state index contributed by atoms with van der Waals surface area (Å²) in [5, 5.41) is 0. The summed E-state index contributed by atoms with van der Waals surface area (Å²) < 4.78 is 44.5. The monoisotopic (exact) mass is 477 g/mol. The molecular formula is C17H20INO5S. The maximum absolute atomic E-state index is 12.7. The van der Waals surface area contributed by atoms with Gasteiger partial charge >= 0.3 is 0 Å². The molecule has 2 aromatic carbocycles. The van der Waals surface area contributed by atoms with Gasteiger partial charge in [0.25, 0.3) is 0 Å². The fourth-order valence-corrected chi connectivity index (χ4v) is 4.55. The van der Waals surface area contributed by atoms with Crippen molar-refractivity contribution in [2.45, 2.75) is 17.9 Å². The third kappa shape index (κ3) is 4.56. The SMILES string of the molecule is COc1ccc(OC)c([C@H](C)NS(=O)(=O)c2ccc(OC)c(I)c2)c1. The van der Waals surface area contributed by atoms with E-state index in [4.69, 9.17) is 14.2 Å². The number of benzene rings is 2. The lowest BCUT2D eigenvalue weighted by Gasteiger charge is -2.18. The zero-order chi connectivity index (χ0) is 18.6. The van der Waals surface area contributed by atoms with Crippen LogP contribution in [0.2, 0.25) is 0 Å². The second kappa shape index (κ2) is 8.24. The van der Waals surface area contributed by atoms with Crippen LogP contribution in [0.3, 0.4) is 0 Å². The molecule has 25 heavy (non-hydrogen) atoms. The number of rotatable bonds is 7. The molecule has 8 heteroatoms. The first kappa shape index (κ1) is 19.8. The van der Waals surface area contributed by atoms with Gasteiger partial charge in [0.2, 0.25) is 10.0 Å². The van der Waals surface area contributed by atoms with E-state index in [9.17, 15) is 8.42 Å². The minimum Gasteiger partial charge on any atom is -0.497 e. The Morgan fingerprint density at radius 2 is 1.60 bits per heavy atom. The summed E-state index contributed by atoms with van der Waals surface area (Å²) in [4.78, 5) is 0.173. The molecule has 0 saturated heterocycles. The lowest BCUT2D eigenvalue weighted by molar-refractivity contribution is 0.395. The number of sulfonamides is 1. The summed E-state index contributed by atoms with van der Waals surface area (Å²) in [6, 6.07) is 9.47. The second-order valence-electron chi connectivity index (χ2n) is 5.25. The lowest BCUT2D eigenvalue weighted by atomic mass is 10.1. The number of methoxy groups -OCH3 is 3. The van der Waals surface area contributed by atoms with E-state index in [0.29, 0.717) is 22.8 Å². The summed E-state index contributed by atoms with van der Waals surface area (Å²) in [5.41, 5.74) is 0.689. The third-order valence-corrected chi connectivity index (χ3v) is 6.05. The molecule has 0 saturated carbocycles. The molecule has 0 aliphatic rings. The Balaban J connectivity index is 2.33. The highest BCUT2D eigenvalue weighted by Gasteiger charge is 2.22. The molecular weight excluding hydrogens is 457 g/mol. The van der Waals surface area contributed by atoms with Crippen molar-refractivity contribution >= 4 is 32.6 Å². The first-order valence-electron chi connectivity index (χ1n) is 7.40. The van der Waals surface area contributed by atoms with Crippen LogP contribution in [0, 0.1) is 3.57 Å². The molecule has 2 aromatic rings. The maximum Gasteiger partial charge on any atom is 0.241 e. The minimum atomic E-state index is -3.71. The molecule has 0 heterocycles. The number of halogens is 1. The van der Waals surface area contributed by atoms with Crippen LogP contribution in [0.25, 0.3) is 0 Å². The van der Waals surface area contributed by atoms with E-state index in [1.54, 1.807) is 58.6 Å². The molecule has 0 unspecified atom stereocenters. The van der Waals surface area contributed by atoms with Crippen molar-refractivity contribution in [1.82, 2.24) is 4.72 Å². The number of ether oxygens (including phenoxy) is 3. The molecule has 6 nitrogen and oxygen atoms in total. The maximum atomic E-state index is 12.7. The Kier molecular flexibility index (Phi) is 6.53. The van der Waals surface area contributed by atoms with Gasteiger partial charge in [0.05, 0.1) is 29.8 Å². The Hall–Kier alpha value is -1.52. The highest BCUT2D eigenvalue weighted by atomic mass is 127. The Bertz CT molecular complexity index is 854. The quantitative estimate of drug-likeness (QED) is 0.620. The molecule has 0 fully saturated rings. The van der Waals surface area contributed by atoms with Gasteiger partial charge in [-0.15, -0.1) is 0 Å². The zero-order valence-corrected chi connectivity index (χ0v) is 17.3. The van der Waals surface area contributed by atoms with Crippen LogP contribution < -0.4 is 18.9 Å². The molecule has 0 spiro atoms. The van der Waals surface area contributed by atoms with Crippen LogP contribution in [0.4, 0.5) is 0 Å². The first-order chi connectivity index (χ1) is 11.8. The molecule has 0 aromatic heterocycles. The van der Waals surface area contributed by atoms with E-state index in [2.05, 4.69) is 4.72 Å². The van der Waals surface area contributed by atoms with Crippen molar-refractivity contribution in [2.75, 3.05) is 21.3 Å². The third-order valence-electron chi connectivity index (χ3n) is 3.67. The summed E-state index contributed by atoms with van der Waals surface area (Å²) in [5.74, 6) is 1.84. The van der Waals surface area contributed by atoms with Crippen LogP contribution in [0.15, 0.2) is 41.3 Å². The number of hydrogen-bond acceptors (Lipinski definition) is 5. The Labute approximate surface area is 161 Å². The van der Waals surface area contributed by atoms with Crippen molar-refractivity contribution < 1.29 is 22.6 Å². The summed E-state index contributed by atoms with van der Waals surface area (Å²) in [7, 11) is 0.932. The normalized spacial score (nSPS) is 12.5. The van der Waals surface area contributed by atoms with Gasteiger partial charge in [-0.3, -0.25) is 0 Å². The van der Waals surface area contributed by atoms with Gasteiger partial charge in [0.1, 0.15) is 17.2 Å². The van der Waals surface area contributed by atoms with Crippen molar-refractivity contribution in [3.8, 4) is 17.2 Å². The molecule has 0 aliphatic heterocycles.